The van der Waals surface area contributed by atoms with Crippen molar-refractivity contribution in [3.63, 3.8) is 0 Å². The van der Waals surface area contributed by atoms with Gasteiger partial charge in [-0.15, -0.1) is 0 Å². The van der Waals surface area contributed by atoms with Crippen molar-refractivity contribution in [3.8, 4) is 0 Å². The van der Waals surface area contributed by atoms with Crippen LogP contribution in [0.1, 0.15) is 34.3 Å². The average Bonchev–Trinajstić information content (AvgIpc) is 3.11. The standard InChI is InChI=1S/C21H21F2NO3/c22-17-11-16(12-18(23)13-17)20(25)19-4-2-1-3-15(19)14-24-7-5-21(6-8-24)26-9-10-27-21/h1-4,11-13H,5-10,14H2. The number of rotatable bonds is 4. The van der Waals surface area contributed by atoms with Crippen LogP contribution in [-0.2, 0) is 16.0 Å². The van der Waals surface area contributed by atoms with Crippen LogP contribution in [-0.4, -0.2) is 42.8 Å². The summed E-state index contributed by atoms with van der Waals surface area (Å²) < 4.78 is 38.5. The molecule has 0 saturated carbocycles. The van der Waals surface area contributed by atoms with E-state index < -0.39 is 17.4 Å². The van der Waals surface area contributed by atoms with Crippen LogP contribution in [0.4, 0.5) is 8.78 Å². The zero-order valence-electron chi connectivity index (χ0n) is 14.9. The van der Waals surface area contributed by atoms with E-state index in [2.05, 4.69) is 4.90 Å². The smallest absolute Gasteiger partial charge is 0.193 e. The van der Waals surface area contributed by atoms with E-state index in [4.69, 9.17) is 9.47 Å². The van der Waals surface area contributed by atoms with Crippen LogP contribution >= 0.6 is 0 Å². The summed E-state index contributed by atoms with van der Waals surface area (Å²) in [4.78, 5) is 15.1. The highest BCUT2D eigenvalue weighted by Gasteiger charge is 2.39. The van der Waals surface area contributed by atoms with Crippen LogP contribution in [0.2, 0.25) is 0 Å². The van der Waals surface area contributed by atoms with E-state index in [9.17, 15) is 13.6 Å². The summed E-state index contributed by atoms with van der Waals surface area (Å²) in [6.07, 6.45) is 1.58. The Hall–Kier alpha value is -2.15. The summed E-state index contributed by atoms with van der Waals surface area (Å²) in [5, 5.41) is 0. The Morgan fingerprint density at radius 1 is 1.00 bits per heavy atom. The fourth-order valence-electron chi connectivity index (χ4n) is 3.80. The lowest BCUT2D eigenvalue weighted by molar-refractivity contribution is -0.185. The molecule has 142 valence electrons. The highest BCUT2D eigenvalue weighted by atomic mass is 19.1. The van der Waals surface area contributed by atoms with Crippen molar-refractivity contribution in [2.24, 2.45) is 0 Å². The summed E-state index contributed by atoms with van der Waals surface area (Å²) in [5.74, 6) is -2.33. The molecule has 2 saturated heterocycles. The largest absolute Gasteiger partial charge is 0.347 e. The third-order valence-corrected chi connectivity index (χ3v) is 5.21. The second-order valence-corrected chi connectivity index (χ2v) is 7.03. The first kappa shape index (κ1) is 18.2. The minimum Gasteiger partial charge on any atom is -0.347 e. The Morgan fingerprint density at radius 2 is 1.63 bits per heavy atom. The first-order chi connectivity index (χ1) is 13.0. The van der Waals surface area contributed by atoms with Gasteiger partial charge >= 0.3 is 0 Å². The van der Waals surface area contributed by atoms with Gasteiger partial charge in [0.2, 0.25) is 0 Å². The van der Waals surface area contributed by atoms with E-state index in [1.807, 2.05) is 12.1 Å². The molecule has 2 aromatic rings. The number of likely N-dealkylation sites (tertiary alicyclic amines) is 1. The molecule has 1 spiro atoms. The molecule has 0 radical (unpaired) electrons. The predicted molar refractivity (Wildman–Crippen MR) is 95.4 cm³/mol. The normalized spacial score (nSPS) is 19.5. The molecule has 2 aromatic carbocycles. The van der Waals surface area contributed by atoms with Crippen molar-refractivity contribution in [2.75, 3.05) is 26.3 Å². The Morgan fingerprint density at radius 3 is 2.30 bits per heavy atom. The molecule has 0 aromatic heterocycles. The Balaban J connectivity index is 1.50. The molecule has 27 heavy (non-hydrogen) atoms. The minimum atomic E-state index is -0.756. The fraction of sp³-hybridized carbons (Fsp3) is 0.381. The lowest BCUT2D eigenvalue weighted by atomic mass is 9.96. The van der Waals surface area contributed by atoms with E-state index in [1.54, 1.807) is 12.1 Å². The van der Waals surface area contributed by atoms with Crippen molar-refractivity contribution < 1.29 is 23.0 Å². The molecule has 0 amide bonds. The third kappa shape index (κ3) is 3.93. The number of ketones is 1. The number of carbonyl (C=O) groups is 1. The van der Waals surface area contributed by atoms with Crippen molar-refractivity contribution in [2.45, 2.75) is 25.2 Å². The van der Waals surface area contributed by atoms with E-state index in [0.29, 0.717) is 25.3 Å². The van der Waals surface area contributed by atoms with Crippen LogP contribution in [0.15, 0.2) is 42.5 Å². The van der Waals surface area contributed by atoms with Gasteiger partial charge in [-0.05, 0) is 17.7 Å². The maximum Gasteiger partial charge on any atom is 0.193 e. The molecule has 0 unspecified atom stereocenters. The molecular formula is C21H21F2NO3. The summed E-state index contributed by atoms with van der Waals surface area (Å²) in [5.41, 5.74) is 1.33. The molecule has 0 bridgehead atoms. The average molecular weight is 373 g/mol. The maximum absolute atomic E-state index is 13.5. The van der Waals surface area contributed by atoms with Crippen LogP contribution in [0.3, 0.4) is 0 Å². The minimum absolute atomic E-state index is 0.0188. The number of ether oxygens (including phenoxy) is 2. The molecule has 2 heterocycles. The Kier molecular flexibility index (Phi) is 5.04. The van der Waals surface area contributed by atoms with Crippen LogP contribution in [0.25, 0.3) is 0 Å². The van der Waals surface area contributed by atoms with Crippen molar-refractivity contribution in [3.05, 3.63) is 70.8 Å². The number of hydrogen-bond donors (Lipinski definition) is 0. The number of carbonyl (C=O) groups excluding carboxylic acids is 1. The van der Waals surface area contributed by atoms with Gasteiger partial charge in [0, 0.05) is 49.7 Å². The quantitative estimate of drug-likeness (QED) is 0.769. The zero-order chi connectivity index (χ0) is 18.9. The van der Waals surface area contributed by atoms with E-state index in [1.165, 1.54) is 0 Å². The van der Waals surface area contributed by atoms with Crippen molar-refractivity contribution >= 4 is 5.78 Å². The summed E-state index contributed by atoms with van der Waals surface area (Å²) in [6, 6.07) is 10.1. The van der Waals surface area contributed by atoms with Gasteiger partial charge in [0.15, 0.2) is 11.6 Å². The summed E-state index contributed by atoms with van der Waals surface area (Å²) in [6.45, 7) is 3.48. The van der Waals surface area contributed by atoms with E-state index in [-0.39, 0.29) is 11.3 Å². The number of hydrogen-bond acceptors (Lipinski definition) is 4. The molecule has 2 fully saturated rings. The van der Waals surface area contributed by atoms with Crippen molar-refractivity contribution in [1.82, 2.24) is 4.90 Å². The topological polar surface area (TPSA) is 38.8 Å². The summed E-state index contributed by atoms with van der Waals surface area (Å²) in [7, 11) is 0. The van der Waals surface area contributed by atoms with E-state index in [0.717, 1.165) is 49.7 Å². The molecule has 0 aliphatic carbocycles. The van der Waals surface area contributed by atoms with Gasteiger partial charge < -0.3 is 9.47 Å². The molecule has 0 atom stereocenters. The zero-order valence-corrected chi connectivity index (χ0v) is 14.9. The first-order valence-corrected chi connectivity index (χ1v) is 9.14. The van der Waals surface area contributed by atoms with Crippen LogP contribution < -0.4 is 0 Å². The molecule has 4 rings (SSSR count). The lowest BCUT2D eigenvalue weighted by Gasteiger charge is -2.37. The monoisotopic (exact) mass is 373 g/mol. The second-order valence-electron chi connectivity index (χ2n) is 7.03. The number of halogens is 2. The molecular weight excluding hydrogens is 352 g/mol. The highest BCUT2D eigenvalue weighted by Crippen LogP contribution is 2.32. The maximum atomic E-state index is 13.5. The number of benzene rings is 2. The first-order valence-electron chi connectivity index (χ1n) is 9.14. The number of piperidine rings is 1. The Labute approximate surface area is 156 Å². The predicted octanol–water partition coefficient (Wildman–Crippen LogP) is 3.53. The van der Waals surface area contributed by atoms with Gasteiger partial charge in [0.25, 0.3) is 0 Å². The molecule has 2 aliphatic rings. The fourth-order valence-corrected chi connectivity index (χ4v) is 3.80. The Bertz CT molecular complexity index is 819. The molecule has 2 aliphatic heterocycles. The second kappa shape index (κ2) is 7.46. The lowest BCUT2D eigenvalue weighted by Crippen LogP contribution is -2.44. The van der Waals surface area contributed by atoms with Gasteiger partial charge in [-0.1, -0.05) is 24.3 Å². The van der Waals surface area contributed by atoms with Crippen LogP contribution in [0, 0.1) is 11.6 Å². The molecule has 6 heteroatoms. The van der Waals surface area contributed by atoms with Crippen LogP contribution in [0.5, 0.6) is 0 Å². The summed E-state index contributed by atoms with van der Waals surface area (Å²) >= 11 is 0. The van der Waals surface area contributed by atoms with Gasteiger partial charge in [0.05, 0.1) is 13.2 Å². The number of nitrogens with zero attached hydrogens (tertiary/aromatic N) is 1. The van der Waals surface area contributed by atoms with Gasteiger partial charge in [-0.2, -0.15) is 0 Å². The van der Waals surface area contributed by atoms with E-state index >= 15 is 0 Å². The highest BCUT2D eigenvalue weighted by molar-refractivity contribution is 6.09. The molecule has 0 N–H and O–H groups in total. The van der Waals surface area contributed by atoms with Crippen molar-refractivity contribution in [1.29, 1.82) is 0 Å². The SMILES string of the molecule is O=C(c1cc(F)cc(F)c1)c1ccccc1CN1CCC2(CC1)OCCO2. The van der Waals surface area contributed by atoms with Gasteiger partial charge in [0.1, 0.15) is 11.6 Å². The van der Waals surface area contributed by atoms with Gasteiger partial charge in [-0.3, -0.25) is 9.69 Å². The molecule has 4 nitrogen and oxygen atoms in total. The third-order valence-electron chi connectivity index (χ3n) is 5.21. The van der Waals surface area contributed by atoms with Gasteiger partial charge in [-0.25, -0.2) is 8.78 Å².